The number of aromatic nitrogens is 2. The molecule has 0 fully saturated rings. The predicted octanol–water partition coefficient (Wildman–Crippen LogP) is 3.48. The van der Waals surface area contributed by atoms with Crippen LogP contribution in [0.3, 0.4) is 0 Å². The average molecular weight is 314 g/mol. The zero-order valence-electron chi connectivity index (χ0n) is 13.0. The molecule has 0 spiro atoms. The number of hydrogen-bond acceptors (Lipinski definition) is 4. The average Bonchev–Trinajstić information content (AvgIpc) is 2.61. The smallest absolute Gasteiger partial charge is 0.266 e. The summed E-state index contributed by atoms with van der Waals surface area (Å²) in [6.45, 7) is 1.89. The molecule has 3 aromatic rings. The highest BCUT2D eigenvalue weighted by molar-refractivity contribution is 6.09. The summed E-state index contributed by atoms with van der Waals surface area (Å²) in [7, 11) is 0. The Kier molecular flexibility index (Phi) is 4.30. The molecule has 1 amide bonds. The van der Waals surface area contributed by atoms with Crippen molar-refractivity contribution in [1.82, 2.24) is 9.97 Å². The van der Waals surface area contributed by atoms with E-state index in [1.54, 1.807) is 12.3 Å². The Hall–Kier alpha value is -3.52. The number of hydrogen-bond donors (Lipinski definition) is 1. The first-order valence-corrected chi connectivity index (χ1v) is 7.38. The van der Waals surface area contributed by atoms with E-state index < -0.39 is 5.91 Å². The minimum Gasteiger partial charge on any atom is -0.321 e. The highest BCUT2D eigenvalue weighted by Crippen LogP contribution is 2.15. The maximum Gasteiger partial charge on any atom is 0.266 e. The number of anilines is 1. The van der Waals surface area contributed by atoms with E-state index in [4.69, 9.17) is 0 Å². The maximum absolute atomic E-state index is 12.3. The Labute approximate surface area is 139 Å². The van der Waals surface area contributed by atoms with Crippen LogP contribution < -0.4 is 5.32 Å². The topological polar surface area (TPSA) is 78.7 Å². The molecule has 5 heteroatoms. The number of carbonyl (C=O) groups is 1. The minimum absolute atomic E-state index is 0.0252. The van der Waals surface area contributed by atoms with Crippen molar-refractivity contribution in [3.8, 4) is 6.07 Å². The fourth-order valence-electron chi connectivity index (χ4n) is 2.24. The number of benzene rings is 2. The van der Waals surface area contributed by atoms with Gasteiger partial charge in [-0.3, -0.25) is 9.78 Å². The monoisotopic (exact) mass is 314 g/mol. The molecular formula is C19H14N4O. The quantitative estimate of drug-likeness (QED) is 0.593. The third-order valence-electron chi connectivity index (χ3n) is 3.52. The Morgan fingerprint density at radius 2 is 1.83 bits per heavy atom. The number of carbonyl (C=O) groups excluding carboxylic acids is 1. The summed E-state index contributed by atoms with van der Waals surface area (Å²) in [6, 6.07) is 16.7. The first kappa shape index (κ1) is 15.4. The predicted molar refractivity (Wildman–Crippen MR) is 92.9 cm³/mol. The highest BCUT2D eigenvalue weighted by Gasteiger charge is 2.11. The van der Waals surface area contributed by atoms with E-state index >= 15 is 0 Å². The lowest BCUT2D eigenvalue weighted by molar-refractivity contribution is -0.112. The minimum atomic E-state index is -0.471. The first-order valence-electron chi connectivity index (χ1n) is 7.38. The highest BCUT2D eigenvalue weighted by atomic mass is 16.1. The molecule has 0 atom stereocenters. The molecule has 0 bridgehead atoms. The van der Waals surface area contributed by atoms with Crippen LogP contribution >= 0.6 is 0 Å². The summed E-state index contributed by atoms with van der Waals surface area (Å²) in [5, 5.41) is 12.0. The van der Waals surface area contributed by atoms with Gasteiger partial charge < -0.3 is 5.32 Å². The van der Waals surface area contributed by atoms with Gasteiger partial charge in [0.05, 0.1) is 22.9 Å². The van der Waals surface area contributed by atoms with Crippen LogP contribution in [0.4, 0.5) is 5.69 Å². The zero-order chi connectivity index (χ0) is 16.9. The third-order valence-corrected chi connectivity index (χ3v) is 3.52. The van der Waals surface area contributed by atoms with Crippen LogP contribution in [0.5, 0.6) is 0 Å². The van der Waals surface area contributed by atoms with Crippen molar-refractivity contribution in [2.75, 3.05) is 5.32 Å². The van der Waals surface area contributed by atoms with Crippen LogP contribution in [0.2, 0.25) is 0 Å². The maximum atomic E-state index is 12.3. The van der Waals surface area contributed by atoms with Gasteiger partial charge in [0.15, 0.2) is 0 Å². The number of nitrogens with zero attached hydrogens (tertiary/aromatic N) is 3. The molecule has 0 aliphatic carbocycles. The van der Waals surface area contributed by atoms with Gasteiger partial charge in [-0.25, -0.2) is 4.98 Å². The van der Waals surface area contributed by atoms with Gasteiger partial charge in [-0.2, -0.15) is 5.26 Å². The fraction of sp³-hybridized carbons (Fsp3) is 0.0526. The normalized spacial score (nSPS) is 11.1. The van der Waals surface area contributed by atoms with Gasteiger partial charge in [-0.1, -0.05) is 30.3 Å². The van der Waals surface area contributed by atoms with Gasteiger partial charge in [-0.15, -0.1) is 0 Å². The van der Waals surface area contributed by atoms with Crippen molar-refractivity contribution in [3.05, 3.63) is 71.6 Å². The van der Waals surface area contributed by atoms with E-state index in [2.05, 4.69) is 15.3 Å². The van der Waals surface area contributed by atoms with Crippen LogP contribution in [-0.4, -0.2) is 15.9 Å². The summed E-state index contributed by atoms with van der Waals surface area (Å²) in [5.74, 6) is -0.471. The second-order valence-corrected chi connectivity index (χ2v) is 5.22. The van der Waals surface area contributed by atoms with E-state index in [9.17, 15) is 10.1 Å². The molecule has 1 N–H and O–H groups in total. The summed E-state index contributed by atoms with van der Waals surface area (Å²) in [6.07, 6.45) is 2.98. The molecule has 0 radical (unpaired) electrons. The van der Waals surface area contributed by atoms with Crippen molar-refractivity contribution >= 4 is 28.7 Å². The molecule has 0 unspecified atom stereocenters. The van der Waals surface area contributed by atoms with Crippen molar-refractivity contribution in [2.24, 2.45) is 0 Å². The van der Waals surface area contributed by atoms with Gasteiger partial charge in [0.2, 0.25) is 0 Å². The molecule has 0 aliphatic rings. The van der Waals surface area contributed by atoms with Gasteiger partial charge >= 0.3 is 0 Å². The molecule has 1 heterocycles. The molecule has 0 aliphatic heterocycles. The number of fused-ring (bicyclic) bond motifs is 1. The molecule has 5 nitrogen and oxygen atoms in total. The summed E-state index contributed by atoms with van der Waals surface area (Å²) in [5.41, 5.74) is 3.51. The standard InChI is InChI=1S/C19H14N4O/c1-13-6-2-3-7-16(13)23-19(24)14(11-20)10-15-12-21-17-8-4-5-9-18(17)22-15/h2-10,12H,1H3,(H,23,24)/b14-10+. The lowest BCUT2D eigenvalue weighted by atomic mass is 10.1. The number of para-hydroxylation sites is 3. The third kappa shape index (κ3) is 3.28. The zero-order valence-corrected chi connectivity index (χ0v) is 13.0. The molecule has 2 aromatic carbocycles. The Morgan fingerprint density at radius 1 is 1.12 bits per heavy atom. The van der Waals surface area contributed by atoms with Gasteiger partial charge in [-0.05, 0) is 36.8 Å². The van der Waals surface area contributed by atoms with Gasteiger partial charge in [0.25, 0.3) is 5.91 Å². The number of amides is 1. The van der Waals surface area contributed by atoms with E-state index in [0.717, 1.165) is 11.1 Å². The number of nitriles is 1. The summed E-state index contributed by atoms with van der Waals surface area (Å²) in [4.78, 5) is 21.0. The lowest BCUT2D eigenvalue weighted by Gasteiger charge is -2.07. The molecular weight excluding hydrogens is 300 g/mol. The SMILES string of the molecule is Cc1ccccc1NC(=O)/C(C#N)=C/c1cnc2ccccc2n1. The van der Waals surface area contributed by atoms with Crippen molar-refractivity contribution in [1.29, 1.82) is 5.26 Å². The first-order chi connectivity index (χ1) is 11.7. The summed E-state index contributed by atoms with van der Waals surface area (Å²) >= 11 is 0. The lowest BCUT2D eigenvalue weighted by Crippen LogP contribution is -2.14. The molecule has 116 valence electrons. The number of aryl methyl sites for hydroxylation is 1. The van der Waals surface area contributed by atoms with E-state index in [-0.39, 0.29) is 5.57 Å². The van der Waals surface area contributed by atoms with E-state index in [1.807, 2.05) is 55.5 Å². The van der Waals surface area contributed by atoms with Crippen molar-refractivity contribution in [2.45, 2.75) is 6.92 Å². The van der Waals surface area contributed by atoms with Crippen LogP contribution in [-0.2, 0) is 4.79 Å². The second-order valence-electron chi connectivity index (χ2n) is 5.22. The van der Waals surface area contributed by atoms with Crippen molar-refractivity contribution in [3.63, 3.8) is 0 Å². The van der Waals surface area contributed by atoms with Crippen LogP contribution in [0, 0.1) is 18.3 Å². The van der Waals surface area contributed by atoms with E-state index in [1.165, 1.54) is 6.08 Å². The fourth-order valence-corrected chi connectivity index (χ4v) is 2.24. The molecule has 1 aromatic heterocycles. The Morgan fingerprint density at radius 3 is 2.58 bits per heavy atom. The van der Waals surface area contributed by atoms with Gasteiger partial charge in [0, 0.05) is 5.69 Å². The van der Waals surface area contributed by atoms with Crippen molar-refractivity contribution < 1.29 is 4.79 Å². The largest absolute Gasteiger partial charge is 0.321 e. The molecule has 0 saturated heterocycles. The van der Waals surface area contributed by atoms with Crippen LogP contribution in [0.25, 0.3) is 17.1 Å². The number of nitrogens with one attached hydrogen (secondary N) is 1. The molecule has 3 rings (SSSR count). The Balaban J connectivity index is 1.89. The second kappa shape index (κ2) is 6.71. The number of rotatable bonds is 3. The molecule has 0 saturated carbocycles. The summed E-state index contributed by atoms with van der Waals surface area (Å²) < 4.78 is 0. The van der Waals surface area contributed by atoms with Gasteiger partial charge in [0.1, 0.15) is 11.6 Å². The Bertz CT molecular complexity index is 986. The van der Waals surface area contributed by atoms with Crippen LogP contribution in [0.15, 0.2) is 60.3 Å². The van der Waals surface area contributed by atoms with E-state index in [0.29, 0.717) is 16.9 Å². The van der Waals surface area contributed by atoms with Crippen LogP contribution in [0.1, 0.15) is 11.3 Å². The molecule has 24 heavy (non-hydrogen) atoms.